The maximum Gasteiger partial charge on any atom is 0.0348 e. The van der Waals surface area contributed by atoms with E-state index in [-0.39, 0.29) is 0 Å². The van der Waals surface area contributed by atoms with Crippen LogP contribution in [0.5, 0.6) is 0 Å². The monoisotopic (exact) mass is 116 g/mol. The minimum Gasteiger partial charge on any atom is -0.165 e. The summed E-state index contributed by atoms with van der Waals surface area (Å²) in [6, 6.07) is 0. The van der Waals surface area contributed by atoms with E-state index in [2.05, 4.69) is 10.0 Å². The number of hydrogen-bond acceptors (Lipinski definition) is 2. The van der Waals surface area contributed by atoms with Gasteiger partial charge in [-0.25, -0.2) is 0 Å². The average molecular weight is 116 g/mol. The lowest BCUT2D eigenvalue weighted by Crippen LogP contribution is -1.78. The van der Waals surface area contributed by atoms with E-state index >= 15 is 0 Å². The van der Waals surface area contributed by atoms with Crippen LogP contribution in [0.4, 0.5) is 0 Å². The zero-order valence-corrected chi connectivity index (χ0v) is 4.98. The van der Waals surface area contributed by atoms with E-state index in [1.165, 1.54) is 0 Å². The Balaban J connectivity index is 2.83. The van der Waals surface area contributed by atoms with Crippen molar-refractivity contribution in [3.63, 3.8) is 0 Å². The van der Waals surface area contributed by atoms with E-state index in [0.29, 0.717) is 6.54 Å². The smallest absolute Gasteiger partial charge is 0.0348 e. The van der Waals surface area contributed by atoms with Gasteiger partial charge in [-0.15, -0.1) is 0 Å². The van der Waals surface area contributed by atoms with Crippen LogP contribution in [-0.4, -0.2) is 18.6 Å². The van der Waals surface area contributed by atoms with Crippen molar-refractivity contribution in [3.05, 3.63) is 10.4 Å². The largest absolute Gasteiger partial charge is 0.165 e. The molecule has 7 heavy (non-hydrogen) atoms. The molecule has 0 aromatic heterocycles. The maximum absolute atomic E-state index is 7.74. The summed E-state index contributed by atoms with van der Waals surface area (Å²) in [7, 11) is 0. The molecule has 0 unspecified atom stereocenters. The average Bonchev–Trinajstić information content (AvgIpc) is 1.69. The summed E-state index contributed by atoms with van der Waals surface area (Å²) in [6.45, 7) is 0.609. The lowest BCUT2D eigenvalue weighted by molar-refractivity contribution is 1.12. The number of hydrogen-bond donors (Lipinski definition) is 0. The van der Waals surface area contributed by atoms with Gasteiger partial charge in [0, 0.05) is 11.5 Å². The Morgan fingerprint density at radius 1 is 1.86 bits per heavy atom. The van der Waals surface area contributed by atoms with Crippen LogP contribution in [-0.2, 0) is 0 Å². The van der Waals surface area contributed by atoms with E-state index in [0.717, 1.165) is 5.75 Å². The molecule has 0 heterocycles. The third-order valence-corrected chi connectivity index (χ3v) is 1.05. The normalized spacial score (nSPS) is 7.57. The van der Waals surface area contributed by atoms with Crippen LogP contribution >= 0.6 is 11.8 Å². The van der Waals surface area contributed by atoms with Crippen LogP contribution in [0.1, 0.15) is 0 Å². The minimum atomic E-state index is 0.609. The molecule has 0 N–H and O–H groups in total. The minimum absolute atomic E-state index is 0.609. The molecule has 0 aromatic carbocycles. The van der Waals surface area contributed by atoms with Gasteiger partial charge in [-0.1, -0.05) is 5.11 Å². The molecule has 0 fully saturated rings. The van der Waals surface area contributed by atoms with E-state index < -0.39 is 0 Å². The summed E-state index contributed by atoms with van der Waals surface area (Å²) >= 11 is 1.68. The van der Waals surface area contributed by atoms with Gasteiger partial charge in [0.1, 0.15) is 0 Å². The topological polar surface area (TPSA) is 48.8 Å². The molecule has 0 rings (SSSR count). The molecule has 0 aliphatic carbocycles. The lowest BCUT2D eigenvalue weighted by atomic mass is 10.8. The molecule has 0 saturated heterocycles. The molecule has 4 heteroatoms. The quantitative estimate of drug-likeness (QED) is 0.239. The number of rotatable bonds is 3. The Bertz CT molecular complexity index is 76.2. The predicted octanol–water partition coefficient (Wildman–Crippen LogP) is 1.66. The van der Waals surface area contributed by atoms with Crippen LogP contribution in [0, 0.1) is 0 Å². The first-order chi connectivity index (χ1) is 3.41. The third-order valence-electron chi connectivity index (χ3n) is 0.459. The summed E-state index contributed by atoms with van der Waals surface area (Å²) in [5.74, 6) is 0.921. The van der Waals surface area contributed by atoms with Gasteiger partial charge in [-0.05, 0) is 17.5 Å². The van der Waals surface area contributed by atoms with Crippen molar-refractivity contribution in [2.24, 2.45) is 5.11 Å². The summed E-state index contributed by atoms with van der Waals surface area (Å²) in [5, 5.41) is 3.32. The summed E-state index contributed by atoms with van der Waals surface area (Å²) in [4.78, 5) is 2.58. The highest BCUT2D eigenvalue weighted by Gasteiger charge is 1.73. The summed E-state index contributed by atoms with van der Waals surface area (Å²) in [5.41, 5.74) is 7.74. The van der Waals surface area contributed by atoms with Crippen LogP contribution in [0.15, 0.2) is 5.11 Å². The van der Waals surface area contributed by atoms with Crippen molar-refractivity contribution in [3.8, 4) is 0 Å². The van der Waals surface area contributed by atoms with Crippen LogP contribution < -0.4 is 0 Å². The fourth-order valence-electron chi connectivity index (χ4n) is 0.177. The van der Waals surface area contributed by atoms with Crippen molar-refractivity contribution in [1.29, 1.82) is 0 Å². The van der Waals surface area contributed by atoms with Crippen molar-refractivity contribution in [2.75, 3.05) is 18.6 Å². The van der Waals surface area contributed by atoms with Gasteiger partial charge in [0.25, 0.3) is 0 Å². The predicted molar refractivity (Wildman–Crippen MR) is 32.4 cm³/mol. The maximum atomic E-state index is 7.74. The van der Waals surface area contributed by atoms with E-state index in [9.17, 15) is 0 Å². The van der Waals surface area contributed by atoms with Crippen molar-refractivity contribution in [2.45, 2.75) is 0 Å². The molecule has 0 amide bonds. The Labute approximate surface area is 46.7 Å². The number of azide groups is 1. The molecule has 0 aromatic rings. The highest BCUT2D eigenvalue weighted by atomic mass is 32.2. The van der Waals surface area contributed by atoms with Crippen LogP contribution in [0.2, 0.25) is 0 Å². The molecule has 0 bridgehead atoms. The highest BCUT2D eigenvalue weighted by Crippen LogP contribution is 1.88. The zero-order valence-electron chi connectivity index (χ0n) is 4.16. The lowest BCUT2D eigenvalue weighted by Gasteiger charge is -1.81. The first kappa shape index (κ1) is 6.66. The Hall–Kier alpha value is -0.340. The first-order valence-corrected chi connectivity index (χ1v) is 3.31. The van der Waals surface area contributed by atoms with Crippen molar-refractivity contribution in [1.82, 2.24) is 0 Å². The fraction of sp³-hybridized carbons (Fsp3) is 1.00. The molecule has 40 valence electrons. The van der Waals surface area contributed by atoms with Gasteiger partial charge < -0.3 is 0 Å². The molecule has 0 spiro atoms. The first-order valence-electron chi connectivity index (χ1n) is 1.91. The molecule has 0 aliphatic heterocycles. The fourth-order valence-corrected chi connectivity index (χ4v) is 0.441. The second-order valence-corrected chi connectivity index (χ2v) is 1.93. The molecular formula is C3H7N3S. The van der Waals surface area contributed by atoms with Gasteiger partial charge in [0.15, 0.2) is 0 Å². The van der Waals surface area contributed by atoms with Crippen LogP contribution in [0.25, 0.3) is 10.4 Å². The molecule has 0 atom stereocenters. The van der Waals surface area contributed by atoms with Crippen molar-refractivity contribution >= 4 is 11.8 Å². The van der Waals surface area contributed by atoms with Gasteiger partial charge in [-0.2, -0.15) is 11.8 Å². The molecule has 0 aliphatic rings. The van der Waals surface area contributed by atoms with E-state index in [1.54, 1.807) is 11.8 Å². The zero-order chi connectivity index (χ0) is 5.54. The molecular weight excluding hydrogens is 109 g/mol. The van der Waals surface area contributed by atoms with Gasteiger partial charge >= 0.3 is 0 Å². The number of thioether (sulfide) groups is 1. The second-order valence-electron chi connectivity index (χ2n) is 0.947. The summed E-state index contributed by atoms with van der Waals surface area (Å²) < 4.78 is 0. The Morgan fingerprint density at radius 2 is 2.57 bits per heavy atom. The molecule has 3 nitrogen and oxygen atoms in total. The molecule has 0 radical (unpaired) electrons. The Kier molecular flexibility index (Phi) is 5.39. The van der Waals surface area contributed by atoms with Crippen molar-refractivity contribution < 1.29 is 0 Å². The highest BCUT2D eigenvalue weighted by molar-refractivity contribution is 7.98. The van der Waals surface area contributed by atoms with Crippen LogP contribution in [0.3, 0.4) is 0 Å². The van der Waals surface area contributed by atoms with Gasteiger partial charge in [-0.3, -0.25) is 0 Å². The Morgan fingerprint density at radius 3 is 3.00 bits per heavy atom. The second kappa shape index (κ2) is 5.66. The molecule has 0 saturated carbocycles. The van der Waals surface area contributed by atoms with Gasteiger partial charge in [0.05, 0.1) is 0 Å². The van der Waals surface area contributed by atoms with E-state index in [4.69, 9.17) is 5.53 Å². The van der Waals surface area contributed by atoms with E-state index in [1.807, 2.05) is 6.26 Å². The SMILES string of the molecule is [11CH3]SCCN=[N+]=[N-]. The summed E-state index contributed by atoms with van der Waals surface area (Å²) in [6.07, 6.45) is 1.98. The third kappa shape index (κ3) is 5.66. The standard InChI is InChI=1S/C3H7N3S/c1-7-3-2-5-6-4/h2-3H2,1H3/i1-1. The van der Waals surface area contributed by atoms with Gasteiger partial charge in [0.2, 0.25) is 0 Å². The number of nitrogens with zero attached hydrogens (tertiary/aromatic N) is 3.